The Bertz CT molecular complexity index is 1330. The summed E-state index contributed by atoms with van der Waals surface area (Å²) in [7, 11) is -1.30. The normalized spacial score (nSPS) is 11.2. The van der Waals surface area contributed by atoms with Crippen molar-refractivity contribution in [3.05, 3.63) is 72.3 Å². The molecule has 0 aromatic heterocycles. The molecule has 0 heterocycles. The first kappa shape index (κ1) is 27.9. The van der Waals surface area contributed by atoms with Gasteiger partial charge in [-0.1, -0.05) is 12.1 Å². The molecule has 3 rings (SSSR count). The van der Waals surface area contributed by atoms with Gasteiger partial charge in [0, 0.05) is 11.0 Å². The van der Waals surface area contributed by atoms with Crippen LogP contribution in [0.1, 0.15) is 12.5 Å². The van der Waals surface area contributed by atoms with Gasteiger partial charge in [-0.2, -0.15) is 5.10 Å². The molecule has 0 fully saturated rings. The van der Waals surface area contributed by atoms with Crippen LogP contribution < -0.4 is 23.9 Å². The number of hydrogen-bond acceptors (Lipinski definition) is 8. The molecule has 0 spiro atoms. The van der Waals surface area contributed by atoms with Gasteiger partial charge in [0.05, 0.1) is 37.6 Å². The van der Waals surface area contributed by atoms with Crippen LogP contribution in [0.2, 0.25) is 0 Å². The Hall–Kier alpha value is -3.70. The highest BCUT2D eigenvalue weighted by Gasteiger charge is 2.28. The molecule has 0 aliphatic rings. The van der Waals surface area contributed by atoms with E-state index >= 15 is 0 Å². The summed E-state index contributed by atoms with van der Waals surface area (Å²) < 4.78 is 44.3. The molecule has 0 atom stereocenters. The maximum atomic E-state index is 13.7. The lowest BCUT2D eigenvalue weighted by molar-refractivity contribution is -0.119. The molecule has 3 aromatic rings. The van der Waals surface area contributed by atoms with Gasteiger partial charge >= 0.3 is 0 Å². The lowest BCUT2D eigenvalue weighted by Crippen LogP contribution is -2.39. The van der Waals surface area contributed by atoms with E-state index in [0.717, 1.165) is 14.8 Å². The number of thioether (sulfide) groups is 1. The van der Waals surface area contributed by atoms with Crippen LogP contribution in [0.25, 0.3) is 0 Å². The van der Waals surface area contributed by atoms with E-state index in [0.29, 0.717) is 18.1 Å². The zero-order valence-corrected chi connectivity index (χ0v) is 22.6. The number of nitrogens with zero attached hydrogens (tertiary/aromatic N) is 2. The molecule has 0 radical (unpaired) electrons. The van der Waals surface area contributed by atoms with Crippen LogP contribution in [-0.4, -0.2) is 54.2 Å². The highest BCUT2D eigenvalue weighted by Crippen LogP contribution is 2.32. The largest absolute Gasteiger partial charge is 0.494 e. The predicted molar refractivity (Wildman–Crippen MR) is 146 cm³/mol. The van der Waals surface area contributed by atoms with Gasteiger partial charge in [0.2, 0.25) is 0 Å². The molecule has 11 heteroatoms. The first-order valence-corrected chi connectivity index (χ1v) is 13.9. The highest BCUT2D eigenvalue weighted by atomic mass is 32.2. The summed E-state index contributed by atoms with van der Waals surface area (Å²) in [6, 6.07) is 18.3. The van der Waals surface area contributed by atoms with Crippen molar-refractivity contribution < 1.29 is 27.4 Å². The predicted octanol–water partition coefficient (Wildman–Crippen LogP) is 4.17. The fourth-order valence-electron chi connectivity index (χ4n) is 3.33. The molecular formula is C26H29N3O6S2. The smallest absolute Gasteiger partial charge is 0.264 e. The summed E-state index contributed by atoms with van der Waals surface area (Å²) in [5, 5.41) is 3.98. The first-order chi connectivity index (χ1) is 17.8. The highest BCUT2D eigenvalue weighted by molar-refractivity contribution is 7.98. The molecule has 196 valence electrons. The van der Waals surface area contributed by atoms with E-state index in [9.17, 15) is 13.2 Å². The van der Waals surface area contributed by atoms with Crippen LogP contribution in [0.15, 0.2) is 81.6 Å². The van der Waals surface area contributed by atoms with E-state index in [1.165, 1.54) is 38.6 Å². The van der Waals surface area contributed by atoms with E-state index < -0.39 is 22.5 Å². The molecular weight excluding hydrogens is 514 g/mol. The molecule has 0 aliphatic carbocycles. The second kappa shape index (κ2) is 13.0. The zero-order chi connectivity index (χ0) is 26.8. The number of benzene rings is 3. The van der Waals surface area contributed by atoms with Gasteiger partial charge in [-0.25, -0.2) is 13.8 Å². The van der Waals surface area contributed by atoms with Crippen LogP contribution in [-0.2, 0) is 14.8 Å². The molecule has 1 N–H and O–H groups in total. The van der Waals surface area contributed by atoms with Gasteiger partial charge in [0.15, 0.2) is 11.5 Å². The molecule has 0 unspecified atom stereocenters. The second-order valence-electron chi connectivity index (χ2n) is 7.52. The van der Waals surface area contributed by atoms with Crippen molar-refractivity contribution in [2.45, 2.75) is 16.7 Å². The average molecular weight is 544 g/mol. The number of ether oxygens (including phenoxy) is 3. The van der Waals surface area contributed by atoms with Gasteiger partial charge in [-0.05, 0) is 67.3 Å². The fourth-order valence-corrected chi connectivity index (χ4v) is 5.17. The van der Waals surface area contributed by atoms with Crippen molar-refractivity contribution in [1.82, 2.24) is 5.43 Å². The van der Waals surface area contributed by atoms with Crippen LogP contribution in [0, 0.1) is 0 Å². The minimum Gasteiger partial charge on any atom is -0.494 e. The van der Waals surface area contributed by atoms with Crippen molar-refractivity contribution in [2.24, 2.45) is 5.10 Å². The zero-order valence-electron chi connectivity index (χ0n) is 21.0. The van der Waals surface area contributed by atoms with E-state index in [1.54, 1.807) is 36.0 Å². The summed E-state index contributed by atoms with van der Waals surface area (Å²) in [4.78, 5) is 13.8. The van der Waals surface area contributed by atoms with Gasteiger partial charge in [-0.15, -0.1) is 11.8 Å². The number of sulfonamides is 1. The number of carbonyl (C=O) groups excluding carboxylic acids is 1. The molecule has 0 aliphatic heterocycles. The Kier molecular flexibility index (Phi) is 9.81. The van der Waals surface area contributed by atoms with Crippen LogP contribution in [0.4, 0.5) is 5.69 Å². The molecule has 0 bridgehead atoms. The summed E-state index contributed by atoms with van der Waals surface area (Å²) in [6.07, 6.45) is 3.47. The Morgan fingerprint density at radius 1 is 1.00 bits per heavy atom. The van der Waals surface area contributed by atoms with Gasteiger partial charge in [0.1, 0.15) is 12.3 Å². The van der Waals surface area contributed by atoms with Gasteiger partial charge in [0.25, 0.3) is 15.9 Å². The maximum absolute atomic E-state index is 13.7. The lowest BCUT2D eigenvalue weighted by atomic mass is 10.2. The van der Waals surface area contributed by atoms with Gasteiger partial charge in [-0.3, -0.25) is 9.10 Å². The van der Waals surface area contributed by atoms with E-state index in [1.807, 2.05) is 37.4 Å². The first-order valence-electron chi connectivity index (χ1n) is 11.3. The number of rotatable bonds is 12. The van der Waals surface area contributed by atoms with Crippen molar-refractivity contribution >= 4 is 39.6 Å². The number of hydrogen-bond donors (Lipinski definition) is 1. The Labute approximate surface area is 221 Å². The molecule has 37 heavy (non-hydrogen) atoms. The molecule has 0 saturated heterocycles. The van der Waals surface area contributed by atoms with E-state index in [4.69, 9.17) is 14.2 Å². The lowest BCUT2D eigenvalue weighted by Gasteiger charge is -2.24. The second-order valence-corrected chi connectivity index (χ2v) is 10.3. The van der Waals surface area contributed by atoms with Crippen molar-refractivity contribution in [3.63, 3.8) is 0 Å². The third kappa shape index (κ3) is 7.17. The number of hydrazone groups is 1. The van der Waals surface area contributed by atoms with Crippen molar-refractivity contribution in [2.75, 3.05) is 37.9 Å². The third-order valence-electron chi connectivity index (χ3n) is 5.18. The summed E-state index contributed by atoms with van der Waals surface area (Å²) in [6.45, 7) is 1.81. The molecule has 0 saturated carbocycles. The average Bonchev–Trinajstić information content (AvgIpc) is 2.92. The number of methoxy groups -OCH3 is 2. The number of nitrogens with one attached hydrogen (secondary N) is 1. The Morgan fingerprint density at radius 2 is 1.68 bits per heavy atom. The van der Waals surface area contributed by atoms with Crippen LogP contribution in [0.5, 0.6) is 17.2 Å². The van der Waals surface area contributed by atoms with E-state index in [-0.39, 0.29) is 16.3 Å². The number of anilines is 1. The fraction of sp³-hybridized carbons (Fsp3) is 0.231. The van der Waals surface area contributed by atoms with Gasteiger partial charge < -0.3 is 14.2 Å². The monoisotopic (exact) mass is 543 g/mol. The topological polar surface area (TPSA) is 107 Å². The Morgan fingerprint density at radius 3 is 2.27 bits per heavy atom. The molecule has 1 amide bonds. The SMILES string of the molecule is CCOc1ccc(N(CC(=O)N/N=C\c2ccc(SC)cc2)S(=O)(=O)c2ccc(OC)c(OC)c2)cc1. The summed E-state index contributed by atoms with van der Waals surface area (Å²) in [5.74, 6) is 0.592. The Balaban J connectivity index is 1.88. The third-order valence-corrected chi connectivity index (χ3v) is 7.70. The van der Waals surface area contributed by atoms with Crippen molar-refractivity contribution in [1.29, 1.82) is 0 Å². The summed E-state index contributed by atoms with van der Waals surface area (Å²) in [5.41, 5.74) is 3.48. The quantitative estimate of drug-likeness (QED) is 0.208. The van der Waals surface area contributed by atoms with Crippen molar-refractivity contribution in [3.8, 4) is 17.2 Å². The van der Waals surface area contributed by atoms with Crippen LogP contribution in [0.3, 0.4) is 0 Å². The maximum Gasteiger partial charge on any atom is 0.264 e. The van der Waals surface area contributed by atoms with E-state index in [2.05, 4.69) is 10.5 Å². The summed E-state index contributed by atoms with van der Waals surface area (Å²) >= 11 is 1.62. The number of amides is 1. The minimum atomic E-state index is -4.17. The molecule has 3 aromatic carbocycles. The minimum absolute atomic E-state index is 0.0655. The standard InChI is InChI=1S/C26H29N3O6S2/c1-5-35-21-10-8-20(9-11-21)29(37(31,32)23-14-15-24(33-2)25(16-23)34-3)18-26(30)28-27-17-19-6-12-22(36-4)13-7-19/h6-17H,5,18H2,1-4H3,(H,28,30)/b27-17-. The van der Waals surface area contributed by atoms with Crippen LogP contribution >= 0.6 is 11.8 Å². The number of carbonyl (C=O) groups is 1. The molecule has 9 nitrogen and oxygen atoms in total.